The van der Waals surface area contributed by atoms with Crippen molar-refractivity contribution in [3.8, 4) is 0 Å². The highest BCUT2D eigenvalue weighted by Gasteiger charge is 2.26. The van der Waals surface area contributed by atoms with Crippen molar-refractivity contribution in [2.24, 2.45) is 0 Å². The van der Waals surface area contributed by atoms with Crippen molar-refractivity contribution >= 4 is 5.95 Å². The molecule has 0 spiro atoms. The SMILES string of the molecule is c1cn(C2CC2)c(NC2CCCNC2)n1. The third-order valence-corrected chi connectivity index (χ3v) is 3.24. The van der Waals surface area contributed by atoms with E-state index in [1.165, 1.54) is 25.7 Å². The molecule has 15 heavy (non-hydrogen) atoms. The Bertz CT molecular complexity index is 323. The van der Waals surface area contributed by atoms with Crippen molar-refractivity contribution in [3.63, 3.8) is 0 Å². The third kappa shape index (κ3) is 2.00. The zero-order valence-corrected chi connectivity index (χ0v) is 8.95. The number of rotatable bonds is 3. The molecular weight excluding hydrogens is 188 g/mol. The van der Waals surface area contributed by atoms with Gasteiger partial charge >= 0.3 is 0 Å². The molecule has 4 nitrogen and oxygen atoms in total. The van der Waals surface area contributed by atoms with Gasteiger partial charge in [-0.15, -0.1) is 0 Å². The molecule has 1 aromatic rings. The zero-order chi connectivity index (χ0) is 10.1. The number of hydrogen-bond donors (Lipinski definition) is 2. The van der Waals surface area contributed by atoms with Crippen LogP contribution in [0.15, 0.2) is 12.4 Å². The number of piperidine rings is 1. The van der Waals surface area contributed by atoms with Crippen molar-refractivity contribution in [3.05, 3.63) is 12.4 Å². The maximum absolute atomic E-state index is 4.40. The van der Waals surface area contributed by atoms with Crippen LogP contribution in [-0.4, -0.2) is 28.7 Å². The van der Waals surface area contributed by atoms with Gasteiger partial charge in [-0.25, -0.2) is 4.98 Å². The highest BCUT2D eigenvalue weighted by molar-refractivity contribution is 5.29. The van der Waals surface area contributed by atoms with E-state index in [1.54, 1.807) is 0 Å². The smallest absolute Gasteiger partial charge is 0.203 e. The second kappa shape index (κ2) is 3.85. The van der Waals surface area contributed by atoms with Gasteiger partial charge in [-0.3, -0.25) is 0 Å². The lowest BCUT2D eigenvalue weighted by atomic mass is 10.1. The number of imidazole rings is 1. The van der Waals surface area contributed by atoms with Gasteiger partial charge in [0.1, 0.15) is 0 Å². The van der Waals surface area contributed by atoms with Crippen LogP contribution >= 0.6 is 0 Å². The highest BCUT2D eigenvalue weighted by Crippen LogP contribution is 2.36. The molecule has 2 N–H and O–H groups in total. The van der Waals surface area contributed by atoms with E-state index in [9.17, 15) is 0 Å². The highest BCUT2D eigenvalue weighted by atomic mass is 15.2. The summed E-state index contributed by atoms with van der Waals surface area (Å²) in [7, 11) is 0. The zero-order valence-electron chi connectivity index (χ0n) is 8.95. The summed E-state index contributed by atoms with van der Waals surface area (Å²) < 4.78 is 2.29. The molecule has 4 heteroatoms. The molecule has 0 amide bonds. The molecule has 1 aliphatic heterocycles. The first-order valence-electron chi connectivity index (χ1n) is 5.93. The minimum atomic E-state index is 0.554. The molecule has 0 aromatic carbocycles. The van der Waals surface area contributed by atoms with Crippen molar-refractivity contribution in [1.82, 2.24) is 14.9 Å². The summed E-state index contributed by atoms with van der Waals surface area (Å²) in [6.45, 7) is 2.23. The van der Waals surface area contributed by atoms with Crippen LogP contribution in [0.2, 0.25) is 0 Å². The monoisotopic (exact) mass is 206 g/mol. The van der Waals surface area contributed by atoms with Gasteiger partial charge in [-0.1, -0.05) is 0 Å². The molecule has 1 aliphatic carbocycles. The Balaban J connectivity index is 1.67. The van der Waals surface area contributed by atoms with Crippen LogP contribution in [0.3, 0.4) is 0 Å². The molecule has 2 aliphatic rings. The Labute approximate surface area is 90.1 Å². The number of hydrogen-bond acceptors (Lipinski definition) is 3. The minimum Gasteiger partial charge on any atom is -0.352 e. The van der Waals surface area contributed by atoms with Crippen LogP contribution in [0.4, 0.5) is 5.95 Å². The van der Waals surface area contributed by atoms with E-state index in [4.69, 9.17) is 0 Å². The first-order chi connectivity index (χ1) is 7.43. The average molecular weight is 206 g/mol. The number of nitrogens with one attached hydrogen (secondary N) is 2. The summed E-state index contributed by atoms with van der Waals surface area (Å²) in [5.41, 5.74) is 0. The largest absolute Gasteiger partial charge is 0.352 e. The molecule has 3 rings (SSSR count). The molecule has 2 heterocycles. The molecule has 1 unspecified atom stereocenters. The van der Waals surface area contributed by atoms with Crippen LogP contribution in [0.25, 0.3) is 0 Å². The Morgan fingerprint density at radius 3 is 3.07 bits per heavy atom. The van der Waals surface area contributed by atoms with Gasteiger partial charge in [0.15, 0.2) is 0 Å². The average Bonchev–Trinajstić information content (AvgIpc) is 3.02. The van der Waals surface area contributed by atoms with E-state index < -0.39 is 0 Å². The van der Waals surface area contributed by atoms with Crippen LogP contribution < -0.4 is 10.6 Å². The van der Waals surface area contributed by atoms with E-state index in [0.717, 1.165) is 19.0 Å². The lowest BCUT2D eigenvalue weighted by molar-refractivity contribution is 0.476. The standard InChI is InChI=1S/C11H18N4/c1-2-9(8-12-5-1)14-11-13-6-7-15(11)10-3-4-10/h6-7,9-10,12H,1-5,8H2,(H,13,14). The van der Waals surface area contributed by atoms with Crippen LogP contribution in [0, 0.1) is 0 Å². The Morgan fingerprint density at radius 2 is 2.33 bits per heavy atom. The molecule has 1 aromatic heterocycles. The molecule has 0 radical (unpaired) electrons. The van der Waals surface area contributed by atoms with Gasteiger partial charge in [0, 0.05) is 31.0 Å². The molecule has 2 fully saturated rings. The van der Waals surface area contributed by atoms with Gasteiger partial charge in [-0.2, -0.15) is 0 Å². The molecule has 0 bridgehead atoms. The molecular formula is C11H18N4. The Kier molecular flexibility index (Phi) is 2.37. The van der Waals surface area contributed by atoms with Gasteiger partial charge < -0.3 is 15.2 Å². The first-order valence-corrected chi connectivity index (χ1v) is 5.93. The summed E-state index contributed by atoms with van der Waals surface area (Å²) in [6, 6.07) is 1.27. The third-order valence-electron chi connectivity index (χ3n) is 3.24. The number of anilines is 1. The molecule has 82 valence electrons. The quantitative estimate of drug-likeness (QED) is 0.785. The Morgan fingerprint density at radius 1 is 1.40 bits per heavy atom. The molecule has 1 saturated heterocycles. The summed E-state index contributed by atoms with van der Waals surface area (Å²) >= 11 is 0. The van der Waals surface area contributed by atoms with Crippen LogP contribution in [-0.2, 0) is 0 Å². The fourth-order valence-electron chi connectivity index (χ4n) is 2.23. The fourth-order valence-corrected chi connectivity index (χ4v) is 2.23. The van der Waals surface area contributed by atoms with Crippen molar-refractivity contribution in [1.29, 1.82) is 0 Å². The number of aromatic nitrogens is 2. The maximum Gasteiger partial charge on any atom is 0.203 e. The predicted molar refractivity (Wildman–Crippen MR) is 60.0 cm³/mol. The summed E-state index contributed by atoms with van der Waals surface area (Å²) in [5.74, 6) is 1.06. The van der Waals surface area contributed by atoms with E-state index in [2.05, 4.69) is 26.4 Å². The number of nitrogens with zero attached hydrogens (tertiary/aromatic N) is 2. The van der Waals surface area contributed by atoms with E-state index in [-0.39, 0.29) is 0 Å². The topological polar surface area (TPSA) is 41.9 Å². The van der Waals surface area contributed by atoms with Gasteiger partial charge in [0.05, 0.1) is 0 Å². The lowest BCUT2D eigenvalue weighted by Crippen LogP contribution is -2.39. The summed E-state index contributed by atoms with van der Waals surface area (Å²) in [6.07, 6.45) is 9.14. The van der Waals surface area contributed by atoms with Crippen molar-refractivity contribution in [2.45, 2.75) is 37.8 Å². The molecule has 1 saturated carbocycles. The minimum absolute atomic E-state index is 0.554. The maximum atomic E-state index is 4.40. The van der Waals surface area contributed by atoms with E-state index in [0.29, 0.717) is 12.1 Å². The van der Waals surface area contributed by atoms with E-state index >= 15 is 0 Å². The van der Waals surface area contributed by atoms with E-state index in [1.807, 2.05) is 6.20 Å². The van der Waals surface area contributed by atoms with Gasteiger partial charge in [-0.05, 0) is 32.2 Å². The first kappa shape index (κ1) is 9.21. The van der Waals surface area contributed by atoms with Crippen LogP contribution in [0.5, 0.6) is 0 Å². The summed E-state index contributed by atoms with van der Waals surface area (Å²) in [5, 5.41) is 6.95. The second-order valence-corrected chi connectivity index (χ2v) is 4.58. The second-order valence-electron chi connectivity index (χ2n) is 4.58. The fraction of sp³-hybridized carbons (Fsp3) is 0.727. The molecule has 1 atom stereocenters. The van der Waals surface area contributed by atoms with Crippen molar-refractivity contribution < 1.29 is 0 Å². The Hall–Kier alpha value is -1.03. The van der Waals surface area contributed by atoms with Crippen molar-refractivity contribution in [2.75, 3.05) is 18.4 Å². The van der Waals surface area contributed by atoms with Gasteiger partial charge in [0.2, 0.25) is 5.95 Å². The van der Waals surface area contributed by atoms with Crippen LogP contribution in [0.1, 0.15) is 31.7 Å². The normalized spacial score (nSPS) is 26.5. The lowest BCUT2D eigenvalue weighted by Gasteiger charge is -2.24. The summed E-state index contributed by atoms with van der Waals surface area (Å²) in [4.78, 5) is 4.40. The van der Waals surface area contributed by atoms with Gasteiger partial charge in [0.25, 0.3) is 0 Å². The predicted octanol–water partition coefficient (Wildman–Crippen LogP) is 1.38.